The summed E-state index contributed by atoms with van der Waals surface area (Å²) in [4.78, 5) is 18.0. The molecule has 0 saturated heterocycles. The minimum absolute atomic E-state index is 0.269. The molecule has 0 fully saturated rings. The van der Waals surface area contributed by atoms with E-state index in [2.05, 4.69) is 61.0 Å². The van der Waals surface area contributed by atoms with Gasteiger partial charge in [0.25, 0.3) is 0 Å². The van der Waals surface area contributed by atoms with Crippen LogP contribution in [-0.4, -0.2) is 22.1 Å². The van der Waals surface area contributed by atoms with Crippen LogP contribution < -0.4 is 5.32 Å². The molecule has 0 amide bonds. The highest BCUT2D eigenvalue weighted by atomic mass is 16.5. The van der Waals surface area contributed by atoms with Crippen LogP contribution >= 0.6 is 0 Å². The van der Waals surface area contributed by atoms with Gasteiger partial charge in [0.05, 0.1) is 29.3 Å². The number of allylic oxidation sites excluding steroid dienone is 1. The van der Waals surface area contributed by atoms with E-state index >= 15 is 0 Å². The number of nitrogens with one attached hydrogen (secondary N) is 1. The van der Waals surface area contributed by atoms with Crippen LogP contribution in [0.15, 0.2) is 59.8 Å². The van der Waals surface area contributed by atoms with Crippen molar-refractivity contribution in [3.63, 3.8) is 0 Å². The average Bonchev–Trinajstić information content (AvgIpc) is 3.11. The molecule has 0 radical (unpaired) electrons. The number of hydrogen-bond acceptors (Lipinski definition) is 4. The third-order valence-electron chi connectivity index (χ3n) is 5.63. The minimum Gasteiger partial charge on any atom is -0.463 e. The number of benzene rings is 2. The van der Waals surface area contributed by atoms with Crippen molar-refractivity contribution in [2.75, 3.05) is 11.9 Å². The molecule has 3 aromatic rings. The van der Waals surface area contributed by atoms with E-state index in [4.69, 9.17) is 9.72 Å². The summed E-state index contributed by atoms with van der Waals surface area (Å²) < 4.78 is 7.63. The predicted octanol–water partition coefficient (Wildman–Crippen LogP) is 5.79. The first kappa shape index (κ1) is 20.2. The number of esters is 1. The summed E-state index contributed by atoms with van der Waals surface area (Å²) in [6, 6.07) is 16.3. The lowest BCUT2D eigenvalue weighted by atomic mass is 9.91. The molecule has 1 atom stereocenters. The van der Waals surface area contributed by atoms with Crippen LogP contribution in [0, 0.1) is 0 Å². The van der Waals surface area contributed by atoms with Crippen LogP contribution in [0.4, 0.5) is 5.95 Å². The van der Waals surface area contributed by atoms with Crippen LogP contribution in [0.25, 0.3) is 11.0 Å². The number of fused-ring (bicyclic) bond motifs is 3. The first-order chi connectivity index (χ1) is 14.5. The smallest absolute Gasteiger partial charge is 0.338 e. The van der Waals surface area contributed by atoms with E-state index in [1.807, 2.05) is 25.1 Å². The fourth-order valence-corrected chi connectivity index (χ4v) is 4.16. The molecule has 0 bridgehead atoms. The molecule has 0 aliphatic carbocycles. The molecule has 1 aliphatic heterocycles. The Bertz CT molecular complexity index is 1090. The number of anilines is 1. The lowest BCUT2D eigenvalue weighted by molar-refractivity contribution is -0.139. The van der Waals surface area contributed by atoms with E-state index in [1.54, 1.807) is 0 Å². The Kier molecular flexibility index (Phi) is 5.62. The summed E-state index contributed by atoms with van der Waals surface area (Å²) in [5, 5.41) is 3.44. The van der Waals surface area contributed by atoms with Gasteiger partial charge in [0.2, 0.25) is 5.95 Å². The van der Waals surface area contributed by atoms with Crippen molar-refractivity contribution in [3.8, 4) is 0 Å². The summed E-state index contributed by atoms with van der Waals surface area (Å²) in [5.41, 5.74) is 5.81. The number of para-hydroxylation sites is 2. The van der Waals surface area contributed by atoms with Crippen molar-refractivity contribution in [1.29, 1.82) is 0 Å². The van der Waals surface area contributed by atoms with Gasteiger partial charge in [-0.05, 0) is 42.5 Å². The van der Waals surface area contributed by atoms with Crippen molar-refractivity contribution >= 4 is 23.0 Å². The van der Waals surface area contributed by atoms with Crippen LogP contribution in [0.5, 0.6) is 0 Å². The predicted molar refractivity (Wildman–Crippen MR) is 121 cm³/mol. The Morgan fingerprint density at radius 3 is 2.53 bits per heavy atom. The molecule has 1 aromatic heterocycles. The fourth-order valence-electron chi connectivity index (χ4n) is 4.16. The van der Waals surface area contributed by atoms with Crippen molar-refractivity contribution in [1.82, 2.24) is 9.55 Å². The number of aromatic nitrogens is 2. The van der Waals surface area contributed by atoms with E-state index in [-0.39, 0.29) is 12.0 Å². The number of carbonyl (C=O) groups is 1. The van der Waals surface area contributed by atoms with Gasteiger partial charge in [0, 0.05) is 5.70 Å². The lowest BCUT2D eigenvalue weighted by Crippen LogP contribution is -2.29. The van der Waals surface area contributed by atoms with Gasteiger partial charge in [0.15, 0.2) is 0 Å². The molecule has 30 heavy (non-hydrogen) atoms. The molecule has 1 aliphatic rings. The SMILES string of the molecule is CCCC1=C(C(=O)OCC)[C@H](c2ccc(C(C)C)cc2)n2c(nc3ccccc32)N1. The molecule has 5 nitrogen and oxygen atoms in total. The first-order valence-corrected chi connectivity index (χ1v) is 10.8. The average molecular weight is 404 g/mol. The molecule has 5 heteroatoms. The topological polar surface area (TPSA) is 56.2 Å². The summed E-state index contributed by atoms with van der Waals surface area (Å²) in [6.07, 6.45) is 1.68. The molecule has 156 valence electrons. The molecule has 1 N–H and O–H groups in total. The monoisotopic (exact) mass is 403 g/mol. The van der Waals surface area contributed by atoms with Crippen molar-refractivity contribution in [2.24, 2.45) is 0 Å². The van der Waals surface area contributed by atoms with Gasteiger partial charge >= 0.3 is 5.97 Å². The maximum Gasteiger partial charge on any atom is 0.338 e. The highest BCUT2D eigenvalue weighted by Gasteiger charge is 2.35. The van der Waals surface area contributed by atoms with Crippen LogP contribution in [-0.2, 0) is 9.53 Å². The molecule has 2 aromatic carbocycles. The van der Waals surface area contributed by atoms with Gasteiger partial charge in [0.1, 0.15) is 0 Å². The van der Waals surface area contributed by atoms with Gasteiger partial charge in [-0.15, -0.1) is 0 Å². The fraction of sp³-hybridized carbons (Fsp3) is 0.360. The van der Waals surface area contributed by atoms with Crippen LogP contribution in [0.2, 0.25) is 0 Å². The van der Waals surface area contributed by atoms with Crippen molar-refractivity contribution in [2.45, 2.75) is 52.5 Å². The maximum absolute atomic E-state index is 13.2. The quantitative estimate of drug-likeness (QED) is 0.529. The third-order valence-corrected chi connectivity index (χ3v) is 5.63. The van der Waals surface area contributed by atoms with Gasteiger partial charge in [-0.2, -0.15) is 0 Å². The molecule has 4 rings (SSSR count). The second-order valence-electron chi connectivity index (χ2n) is 8.01. The Labute approximate surface area is 177 Å². The molecule has 0 saturated carbocycles. The molecule has 2 heterocycles. The van der Waals surface area contributed by atoms with E-state index in [0.29, 0.717) is 18.1 Å². The minimum atomic E-state index is -0.282. The highest BCUT2D eigenvalue weighted by Crippen LogP contribution is 2.40. The van der Waals surface area contributed by atoms with Crippen molar-refractivity contribution in [3.05, 3.63) is 70.9 Å². The summed E-state index contributed by atoms with van der Waals surface area (Å²) in [7, 11) is 0. The third kappa shape index (κ3) is 3.49. The Morgan fingerprint density at radius 1 is 1.13 bits per heavy atom. The molecule has 0 unspecified atom stereocenters. The molecule has 0 spiro atoms. The van der Waals surface area contributed by atoms with Gasteiger partial charge in [-0.25, -0.2) is 9.78 Å². The highest BCUT2D eigenvalue weighted by molar-refractivity contribution is 5.94. The number of rotatable bonds is 6. The zero-order valence-corrected chi connectivity index (χ0v) is 18.1. The molecular formula is C25H29N3O2. The maximum atomic E-state index is 13.2. The zero-order chi connectivity index (χ0) is 21.3. The van der Waals surface area contributed by atoms with Gasteiger partial charge < -0.3 is 10.1 Å². The van der Waals surface area contributed by atoms with Gasteiger partial charge in [-0.3, -0.25) is 4.57 Å². The Hall–Kier alpha value is -3.08. The van der Waals surface area contributed by atoms with E-state index in [0.717, 1.165) is 41.1 Å². The van der Waals surface area contributed by atoms with E-state index in [1.165, 1.54) is 5.56 Å². The Balaban J connectivity index is 1.95. The first-order valence-electron chi connectivity index (χ1n) is 10.8. The summed E-state index contributed by atoms with van der Waals surface area (Å²) in [6.45, 7) is 8.67. The normalized spacial score (nSPS) is 16.0. The zero-order valence-electron chi connectivity index (χ0n) is 18.1. The van der Waals surface area contributed by atoms with Crippen LogP contribution in [0.3, 0.4) is 0 Å². The van der Waals surface area contributed by atoms with Gasteiger partial charge in [-0.1, -0.05) is 63.6 Å². The number of hydrogen-bond donors (Lipinski definition) is 1. The van der Waals surface area contributed by atoms with E-state index < -0.39 is 0 Å². The standard InChI is InChI=1S/C25H29N3O2/c1-5-9-20-22(24(29)30-6-2)23(18-14-12-17(13-15-18)16(3)4)28-21-11-8-7-10-19(21)26-25(28)27-20/h7-8,10-16,23H,5-6,9H2,1-4H3,(H,26,27)/t23-/m0/s1. The molecular weight excluding hydrogens is 374 g/mol. The number of ether oxygens (including phenoxy) is 1. The summed E-state index contributed by atoms with van der Waals surface area (Å²) in [5.74, 6) is 0.952. The number of nitrogens with zero attached hydrogens (tertiary/aromatic N) is 2. The second kappa shape index (κ2) is 8.34. The summed E-state index contributed by atoms with van der Waals surface area (Å²) >= 11 is 0. The second-order valence-corrected chi connectivity index (χ2v) is 8.01. The Morgan fingerprint density at radius 2 is 1.87 bits per heavy atom. The van der Waals surface area contributed by atoms with E-state index in [9.17, 15) is 4.79 Å². The largest absolute Gasteiger partial charge is 0.463 e. The lowest BCUT2D eigenvalue weighted by Gasteiger charge is -2.31. The van der Waals surface area contributed by atoms with Crippen LogP contribution in [0.1, 0.15) is 63.6 Å². The number of imidazole rings is 1. The number of carbonyl (C=O) groups excluding carboxylic acids is 1. The van der Waals surface area contributed by atoms with Crippen molar-refractivity contribution < 1.29 is 9.53 Å².